The molecule has 290 valence electrons. The number of carboxylic acids is 1. The van der Waals surface area contributed by atoms with Crippen LogP contribution in [0.2, 0.25) is 5.02 Å². The Morgan fingerprint density at radius 1 is 0.875 bits per heavy atom. The van der Waals surface area contributed by atoms with E-state index >= 15 is 0 Å². The molecule has 1 fully saturated rings. The molecule has 1 aliphatic carbocycles. The van der Waals surface area contributed by atoms with Crippen LogP contribution in [0.15, 0.2) is 91.3 Å². The summed E-state index contributed by atoms with van der Waals surface area (Å²) in [6.45, 7) is 6.61. The monoisotopic (exact) mass is 773 g/mol. The summed E-state index contributed by atoms with van der Waals surface area (Å²) in [6, 6.07) is 28.4. The molecule has 9 nitrogen and oxygen atoms in total. The Morgan fingerprint density at radius 3 is 2.38 bits per heavy atom. The van der Waals surface area contributed by atoms with E-state index in [1.54, 1.807) is 12.3 Å². The lowest BCUT2D eigenvalue weighted by Gasteiger charge is -2.19. The van der Waals surface area contributed by atoms with Crippen LogP contribution in [-0.4, -0.2) is 47.5 Å². The van der Waals surface area contributed by atoms with Crippen LogP contribution in [0, 0.1) is 37.0 Å². The van der Waals surface area contributed by atoms with Gasteiger partial charge < -0.3 is 29.7 Å². The van der Waals surface area contributed by atoms with Crippen LogP contribution >= 0.6 is 11.6 Å². The van der Waals surface area contributed by atoms with Crippen molar-refractivity contribution in [1.82, 2.24) is 10.3 Å². The summed E-state index contributed by atoms with van der Waals surface area (Å²) in [5.74, 6) is 1.26. The standard InChI is InChI=1S/C46H48ClN3O6/c1-30-38(5-3-7-41(30)42-8-4-6-40(31(42)2)35-13-15-39(16-14-35)54-20-18-49-17-19-51)29-56-45-24-44(55-28-34-21-33(25-48)26-50-27-34)36(23-43(45)47)11-9-32-10-12-37(22-32)46(52)53/h3-8,13-16,21,23-24,26-27,32,37,49,51H,9-12,17-20,22,28-29H2,1-2H3,(H,52,53)/t32-,37+/m0/s1. The van der Waals surface area contributed by atoms with Crippen molar-refractivity contribution in [1.29, 1.82) is 5.26 Å². The van der Waals surface area contributed by atoms with Crippen molar-refractivity contribution in [2.75, 3.05) is 26.3 Å². The fourth-order valence-corrected chi connectivity index (χ4v) is 7.67. The lowest BCUT2D eigenvalue weighted by atomic mass is 9.89. The summed E-state index contributed by atoms with van der Waals surface area (Å²) in [4.78, 5) is 15.7. The molecule has 0 spiro atoms. The van der Waals surface area contributed by atoms with E-state index in [2.05, 4.69) is 78.7 Å². The molecule has 1 saturated carbocycles. The quantitative estimate of drug-likeness (QED) is 0.0746. The Kier molecular flexibility index (Phi) is 14.0. The molecule has 0 amide bonds. The number of hydrogen-bond acceptors (Lipinski definition) is 8. The molecule has 6 rings (SSSR count). The first-order chi connectivity index (χ1) is 27.2. The Bertz CT molecular complexity index is 2170. The number of halogens is 1. The molecular weight excluding hydrogens is 726 g/mol. The fraction of sp³-hybridized carbons (Fsp3) is 0.326. The number of hydrogen-bond donors (Lipinski definition) is 3. The molecule has 4 aromatic carbocycles. The lowest BCUT2D eigenvalue weighted by Crippen LogP contribution is -2.23. The third-order valence-electron chi connectivity index (χ3n) is 10.6. The number of pyridine rings is 1. The third kappa shape index (κ3) is 10.3. The SMILES string of the molecule is Cc1c(COc2cc(OCc3cncc(C#N)c3)c(CC[C@H]3CC[C@@H](C(=O)O)C3)cc2Cl)cccc1-c1cccc(-c2ccc(OCCNCCO)cc2)c1C. The van der Waals surface area contributed by atoms with Gasteiger partial charge in [-0.3, -0.25) is 9.78 Å². The average Bonchev–Trinajstić information content (AvgIpc) is 3.70. The topological polar surface area (TPSA) is 134 Å². The number of aliphatic hydroxyl groups excluding tert-OH is 1. The zero-order valence-corrected chi connectivity index (χ0v) is 32.6. The normalized spacial score (nSPS) is 15.0. The number of rotatable bonds is 18. The van der Waals surface area contributed by atoms with Crippen LogP contribution in [0.4, 0.5) is 0 Å². The van der Waals surface area contributed by atoms with Crippen LogP contribution in [0.3, 0.4) is 0 Å². The highest BCUT2D eigenvalue weighted by Crippen LogP contribution is 2.39. The highest BCUT2D eigenvalue weighted by molar-refractivity contribution is 6.32. The van der Waals surface area contributed by atoms with Crippen molar-refractivity contribution in [3.8, 4) is 45.6 Å². The lowest BCUT2D eigenvalue weighted by molar-refractivity contribution is -0.141. The number of nitrogens with zero attached hydrogens (tertiary/aromatic N) is 2. The smallest absolute Gasteiger partial charge is 0.306 e. The van der Waals surface area contributed by atoms with Gasteiger partial charge in [0.05, 0.1) is 23.1 Å². The highest BCUT2D eigenvalue weighted by atomic mass is 35.5. The summed E-state index contributed by atoms with van der Waals surface area (Å²) in [6.07, 6.45) is 7.00. The van der Waals surface area contributed by atoms with Crippen molar-refractivity contribution >= 4 is 17.6 Å². The van der Waals surface area contributed by atoms with Crippen molar-refractivity contribution < 1.29 is 29.2 Å². The summed E-state index contributed by atoms with van der Waals surface area (Å²) < 4.78 is 18.6. The molecular formula is C46H48ClN3O6. The van der Waals surface area contributed by atoms with Crippen molar-refractivity contribution in [3.63, 3.8) is 0 Å². The number of aromatic nitrogens is 1. The number of aliphatic hydroxyl groups is 1. The molecule has 1 aliphatic rings. The number of aliphatic carboxylic acids is 1. The van der Waals surface area contributed by atoms with Crippen molar-refractivity contribution in [2.45, 2.75) is 59.2 Å². The molecule has 0 aliphatic heterocycles. The van der Waals surface area contributed by atoms with Crippen LogP contribution < -0.4 is 19.5 Å². The maximum atomic E-state index is 11.5. The minimum absolute atomic E-state index is 0.106. The predicted octanol–water partition coefficient (Wildman–Crippen LogP) is 9.11. The second-order valence-corrected chi connectivity index (χ2v) is 14.7. The Labute approximate surface area is 333 Å². The molecule has 1 aromatic heterocycles. The van der Waals surface area contributed by atoms with Crippen LogP contribution in [0.25, 0.3) is 22.3 Å². The van der Waals surface area contributed by atoms with Gasteiger partial charge in [-0.05, 0) is 121 Å². The maximum Gasteiger partial charge on any atom is 0.306 e. The van der Waals surface area contributed by atoms with E-state index in [9.17, 15) is 15.2 Å². The summed E-state index contributed by atoms with van der Waals surface area (Å²) >= 11 is 6.88. The molecule has 56 heavy (non-hydrogen) atoms. The fourth-order valence-electron chi connectivity index (χ4n) is 7.43. The minimum atomic E-state index is -0.716. The van der Waals surface area contributed by atoms with Gasteiger partial charge in [0.15, 0.2) is 0 Å². The van der Waals surface area contributed by atoms with Gasteiger partial charge in [-0.15, -0.1) is 0 Å². The molecule has 0 unspecified atom stereocenters. The maximum absolute atomic E-state index is 11.5. The number of benzene rings is 4. The van der Waals surface area contributed by atoms with E-state index in [0.717, 1.165) is 63.1 Å². The Hall–Kier alpha value is -5.40. The first-order valence-corrected chi connectivity index (χ1v) is 19.5. The summed E-state index contributed by atoms with van der Waals surface area (Å²) in [5, 5.41) is 31.4. The molecule has 3 N–H and O–H groups in total. The Balaban J connectivity index is 1.18. The van der Waals surface area contributed by atoms with E-state index in [0.29, 0.717) is 73.6 Å². The minimum Gasteiger partial charge on any atom is -0.492 e. The number of carbonyl (C=O) groups is 1. The largest absolute Gasteiger partial charge is 0.492 e. The molecule has 0 bridgehead atoms. The number of aryl methyl sites for hydroxylation is 1. The summed E-state index contributed by atoms with van der Waals surface area (Å²) in [7, 11) is 0. The van der Waals surface area contributed by atoms with E-state index < -0.39 is 5.97 Å². The zero-order valence-electron chi connectivity index (χ0n) is 31.9. The molecule has 0 radical (unpaired) electrons. The highest BCUT2D eigenvalue weighted by Gasteiger charge is 2.29. The van der Waals surface area contributed by atoms with E-state index in [1.165, 1.54) is 11.8 Å². The molecule has 1 heterocycles. The third-order valence-corrected chi connectivity index (χ3v) is 10.9. The number of ether oxygens (including phenoxy) is 3. The van der Waals surface area contributed by atoms with Gasteiger partial charge in [-0.25, -0.2) is 0 Å². The van der Waals surface area contributed by atoms with Gasteiger partial charge in [-0.1, -0.05) is 60.1 Å². The van der Waals surface area contributed by atoms with Gasteiger partial charge >= 0.3 is 5.97 Å². The Morgan fingerprint density at radius 2 is 1.62 bits per heavy atom. The van der Waals surface area contributed by atoms with E-state index in [1.807, 2.05) is 24.3 Å². The molecule has 5 aromatic rings. The van der Waals surface area contributed by atoms with Crippen LogP contribution in [0.5, 0.6) is 17.2 Å². The van der Waals surface area contributed by atoms with Gasteiger partial charge in [0, 0.05) is 37.1 Å². The first kappa shape index (κ1) is 40.3. The van der Waals surface area contributed by atoms with Gasteiger partial charge in [-0.2, -0.15) is 5.26 Å². The second kappa shape index (κ2) is 19.5. The predicted molar refractivity (Wildman–Crippen MR) is 218 cm³/mol. The van der Waals surface area contributed by atoms with Crippen molar-refractivity contribution in [2.24, 2.45) is 11.8 Å². The zero-order chi connectivity index (χ0) is 39.4. The summed E-state index contributed by atoms with van der Waals surface area (Å²) in [5.41, 5.74) is 9.96. The average molecular weight is 774 g/mol. The number of nitrogens with one attached hydrogen (secondary N) is 1. The second-order valence-electron chi connectivity index (χ2n) is 14.3. The van der Waals surface area contributed by atoms with E-state index in [4.69, 9.17) is 30.9 Å². The first-order valence-electron chi connectivity index (χ1n) is 19.1. The number of nitriles is 1. The molecule has 10 heteroatoms. The molecule has 2 atom stereocenters. The van der Waals surface area contributed by atoms with Crippen LogP contribution in [-0.2, 0) is 24.4 Å². The van der Waals surface area contributed by atoms with Gasteiger partial charge in [0.1, 0.15) is 43.1 Å². The van der Waals surface area contributed by atoms with Crippen LogP contribution in [0.1, 0.15) is 59.1 Å². The van der Waals surface area contributed by atoms with E-state index in [-0.39, 0.29) is 19.1 Å². The molecule has 0 saturated heterocycles. The number of carboxylic acid groups (broad SMARTS) is 1. The van der Waals surface area contributed by atoms with Gasteiger partial charge in [0.2, 0.25) is 0 Å². The van der Waals surface area contributed by atoms with Crippen molar-refractivity contribution in [3.05, 3.63) is 130 Å². The van der Waals surface area contributed by atoms with Gasteiger partial charge in [0.25, 0.3) is 0 Å².